The average molecular weight is 632 g/mol. The van der Waals surface area contributed by atoms with Crippen molar-refractivity contribution in [2.75, 3.05) is 13.3 Å². The summed E-state index contributed by atoms with van der Waals surface area (Å²) in [4.78, 5) is 29.5. The van der Waals surface area contributed by atoms with Gasteiger partial charge in [0.25, 0.3) is 0 Å². The second-order valence-corrected chi connectivity index (χ2v) is 12.3. The molecule has 0 bridgehead atoms. The van der Waals surface area contributed by atoms with E-state index in [1.54, 1.807) is 67.6 Å². The monoisotopic (exact) mass is 631 g/mol. The van der Waals surface area contributed by atoms with E-state index in [1.165, 1.54) is 29.2 Å². The number of halogens is 1. The fraction of sp³-hybridized carbons (Fsp3) is 0.235. The van der Waals surface area contributed by atoms with E-state index in [9.17, 15) is 22.4 Å². The Kier molecular flexibility index (Phi) is 10.1. The number of ether oxygens (including phenoxy) is 2. The van der Waals surface area contributed by atoms with Crippen LogP contribution in [0.15, 0.2) is 102 Å². The molecule has 0 radical (unpaired) electrons. The van der Waals surface area contributed by atoms with Gasteiger partial charge in [0.15, 0.2) is 11.5 Å². The lowest BCUT2D eigenvalue weighted by Gasteiger charge is -2.32. The number of hydrogen-bond acceptors (Lipinski definition) is 6. The van der Waals surface area contributed by atoms with Crippen molar-refractivity contribution in [1.29, 1.82) is 0 Å². The molecular weight excluding hydrogens is 597 g/mol. The first kappa shape index (κ1) is 31.7. The van der Waals surface area contributed by atoms with Gasteiger partial charge in [-0.25, -0.2) is 17.5 Å². The van der Waals surface area contributed by atoms with Crippen LogP contribution in [0.2, 0.25) is 0 Å². The molecule has 9 nitrogen and oxygen atoms in total. The molecular formula is C34H34FN3O6S. The summed E-state index contributed by atoms with van der Waals surface area (Å²) in [7, 11) is -3.60. The molecule has 1 aliphatic rings. The Bertz CT molecular complexity index is 1730. The zero-order valence-corrected chi connectivity index (χ0v) is 25.6. The molecule has 45 heavy (non-hydrogen) atoms. The summed E-state index contributed by atoms with van der Waals surface area (Å²) in [6.07, 6.45) is 0.375. The Morgan fingerprint density at radius 2 is 1.53 bits per heavy atom. The van der Waals surface area contributed by atoms with E-state index in [2.05, 4.69) is 10.0 Å². The summed E-state index contributed by atoms with van der Waals surface area (Å²) in [6.45, 7) is 2.38. The zero-order valence-electron chi connectivity index (χ0n) is 24.7. The predicted molar refractivity (Wildman–Crippen MR) is 166 cm³/mol. The number of carbonyl (C=O) groups is 2. The Morgan fingerprint density at radius 1 is 0.867 bits per heavy atom. The molecule has 1 aliphatic heterocycles. The third-order valence-corrected chi connectivity index (χ3v) is 8.92. The Morgan fingerprint density at radius 3 is 2.24 bits per heavy atom. The highest BCUT2D eigenvalue weighted by Gasteiger charge is 2.31. The number of rotatable bonds is 13. The van der Waals surface area contributed by atoms with Crippen molar-refractivity contribution in [2.45, 2.75) is 43.8 Å². The van der Waals surface area contributed by atoms with Gasteiger partial charge in [-0.05, 0) is 65.1 Å². The van der Waals surface area contributed by atoms with Crippen molar-refractivity contribution in [2.24, 2.45) is 0 Å². The normalized spacial score (nSPS) is 12.8. The molecule has 2 N–H and O–H groups in total. The van der Waals surface area contributed by atoms with E-state index in [4.69, 9.17) is 9.47 Å². The number of nitrogens with one attached hydrogen (secondary N) is 2. The van der Waals surface area contributed by atoms with Crippen molar-refractivity contribution >= 4 is 21.8 Å². The van der Waals surface area contributed by atoms with Crippen LogP contribution >= 0.6 is 0 Å². The lowest BCUT2D eigenvalue weighted by molar-refractivity contribution is -0.141. The SMILES string of the molecule is CCNS(=O)(=O)c1ccc(CCC(=O)N(Cc2ccc(F)cc2)[C@@H](C(=O)NCc2ccc3c(c2)OCO3)c2ccccc2)cc1. The number of sulfonamides is 1. The molecule has 4 aromatic rings. The minimum atomic E-state index is -3.60. The Hall–Kier alpha value is -4.74. The highest BCUT2D eigenvalue weighted by atomic mass is 32.2. The first-order chi connectivity index (χ1) is 21.7. The molecule has 234 valence electrons. The van der Waals surface area contributed by atoms with Gasteiger partial charge < -0.3 is 19.7 Å². The highest BCUT2D eigenvalue weighted by molar-refractivity contribution is 7.89. The fourth-order valence-electron chi connectivity index (χ4n) is 5.06. The molecule has 0 spiro atoms. The summed E-state index contributed by atoms with van der Waals surface area (Å²) < 4.78 is 51.7. The van der Waals surface area contributed by atoms with Crippen LogP contribution < -0.4 is 19.5 Å². The summed E-state index contributed by atoms with van der Waals surface area (Å²) in [5.74, 6) is 0.152. The summed E-state index contributed by atoms with van der Waals surface area (Å²) in [5.41, 5.74) is 2.85. The third kappa shape index (κ3) is 8.05. The van der Waals surface area contributed by atoms with Crippen molar-refractivity contribution in [3.63, 3.8) is 0 Å². The van der Waals surface area contributed by atoms with Crippen molar-refractivity contribution in [3.8, 4) is 11.5 Å². The number of aryl methyl sites for hydroxylation is 1. The summed E-state index contributed by atoms with van der Waals surface area (Å²) >= 11 is 0. The number of amides is 2. The number of hydrogen-bond donors (Lipinski definition) is 2. The molecule has 0 saturated carbocycles. The van der Waals surface area contributed by atoms with Gasteiger partial charge in [-0.3, -0.25) is 9.59 Å². The van der Waals surface area contributed by atoms with Crippen LogP contribution in [-0.4, -0.2) is 38.5 Å². The molecule has 1 atom stereocenters. The van der Waals surface area contributed by atoms with Gasteiger partial charge in [0.1, 0.15) is 11.9 Å². The first-order valence-electron chi connectivity index (χ1n) is 14.6. The van der Waals surface area contributed by atoms with Crippen LogP contribution in [0.4, 0.5) is 4.39 Å². The quantitative estimate of drug-likeness (QED) is 0.218. The second kappa shape index (κ2) is 14.4. The van der Waals surface area contributed by atoms with Gasteiger partial charge >= 0.3 is 0 Å². The molecule has 5 rings (SSSR count). The Labute approximate surface area is 262 Å². The smallest absolute Gasteiger partial charge is 0.247 e. The van der Waals surface area contributed by atoms with Crippen LogP contribution in [0.25, 0.3) is 0 Å². The molecule has 0 aliphatic carbocycles. The standard InChI is InChI=1S/C34H34FN3O6S/c1-2-37-45(41,42)29-16-10-24(11-17-29)13-19-32(39)38(22-25-8-14-28(35)15-9-25)33(27-6-4-3-5-7-27)34(40)36-21-26-12-18-30-31(20-26)44-23-43-30/h3-12,14-18,20,33,37H,2,13,19,21-23H2,1H3,(H,36,40)/t33-/m1/s1. The van der Waals surface area contributed by atoms with Crippen molar-refractivity contribution in [3.05, 3.63) is 125 Å². The molecule has 0 unspecified atom stereocenters. The van der Waals surface area contributed by atoms with Crippen LogP contribution in [0.3, 0.4) is 0 Å². The molecule has 0 saturated heterocycles. The van der Waals surface area contributed by atoms with Crippen LogP contribution in [-0.2, 0) is 39.1 Å². The van der Waals surface area contributed by atoms with Gasteiger partial charge in [-0.1, -0.05) is 67.6 Å². The van der Waals surface area contributed by atoms with E-state index >= 15 is 0 Å². The molecule has 1 heterocycles. The van der Waals surface area contributed by atoms with Gasteiger partial charge in [-0.15, -0.1) is 0 Å². The van der Waals surface area contributed by atoms with Gasteiger partial charge in [0.2, 0.25) is 28.6 Å². The minimum absolute atomic E-state index is 0.0548. The van der Waals surface area contributed by atoms with Crippen LogP contribution in [0.1, 0.15) is 41.6 Å². The number of carbonyl (C=O) groups excluding carboxylic acids is 2. The van der Waals surface area contributed by atoms with Gasteiger partial charge in [-0.2, -0.15) is 0 Å². The van der Waals surface area contributed by atoms with E-state index in [-0.39, 0.29) is 49.6 Å². The van der Waals surface area contributed by atoms with Crippen LogP contribution in [0, 0.1) is 5.82 Å². The second-order valence-electron chi connectivity index (χ2n) is 10.5. The molecule has 4 aromatic carbocycles. The first-order valence-corrected chi connectivity index (χ1v) is 16.1. The molecule has 0 fully saturated rings. The average Bonchev–Trinajstić information content (AvgIpc) is 3.52. The zero-order chi connectivity index (χ0) is 31.8. The Balaban J connectivity index is 1.38. The number of fused-ring (bicyclic) bond motifs is 1. The summed E-state index contributed by atoms with van der Waals surface area (Å²) in [5, 5.41) is 2.97. The lowest BCUT2D eigenvalue weighted by Crippen LogP contribution is -2.43. The lowest BCUT2D eigenvalue weighted by atomic mass is 10.0. The maximum atomic E-state index is 14.0. The van der Waals surface area contributed by atoms with Crippen molar-refractivity contribution < 1.29 is 31.9 Å². The van der Waals surface area contributed by atoms with Gasteiger partial charge in [0.05, 0.1) is 4.90 Å². The number of benzene rings is 4. The third-order valence-electron chi connectivity index (χ3n) is 7.36. The van der Waals surface area contributed by atoms with E-state index in [1.807, 2.05) is 12.1 Å². The maximum Gasteiger partial charge on any atom is 0.247 e. The molecule has 11 heteroatoms. The van der Waals surface area contributed by atoms with E-state index < -0.39 is 21.9 Å². The topological polar surface area (TPSA) is 114 Å². The van der Waals surface area contributed by atoms with Crippen molar-refractivity contribution in [1.82, 2.24) is 14.9 Å². The van der Waals surface area contributed by atoms with E-state index in [0.29, 0.717) is 29.0 Å². The maximum absolute atomic E-state index is 14.0. The fourth-order valence-corrected chi connectivity index (χ4v) is 6.10. The predicted octanol–water partition coefficient (Wildman–Crippen LogP) is 4.87. The number of nitrogens with zero attached hydrogens (tertiary/aromatic N) is 1. The largest absolute Gasteiger partial charge is 0.454 e. The molecule has 2 amide bonds. The van der Waals surface area contributed by atoms with Gasteiger partial charge in [0, 0.05) is 26.1 Å². The molecule has 0 aromatic heterocycles. The minimum Gasteiger partial charge on any atom is -0.454 e. The summed E-state index contributed by atoms with van der Waals surface area (Å²) in [6, 6.07) is 25.6. The highest BCUT2D eigenvalue weighted by Crippen LogP contribution is 2.32. The van der Waals surface area contributed by atoms with Crippen LogP contribution in [0.5, 0.6) is 11.5 Å². The van der Waals surface area contributed by atoms with E-state index in [0.717, 1.165) is 11.1 Å².